The molecule has 0 aromatic carbocycles. The maximum absolute atomic E-state index is 11.5. The number of nitrogens with zero attached hydrogens (tertiary/aromatic N) is 1. The molecule has 8 nitrogen and oxygen atoms in total. The van der Waals surface area contributed by atoms with Gasteiger partial charge >= 0.3 is 11.9 Å². The van der Waals surface area contributed by atoms with E-state index in [2.05, 4.69) is 19.7 Å². The van der Waals surface area contributed by atoms with Crippen molar-refractivity contribution < 1.29 is 28.8 Å². The van der Waals surface area contributed by atoms with Gasteiger partial charge in [0.25, 0.3) is 5.91 Å². The van der Waals surface area contributed by atoms with Crippen LogP contribution < -0.4 is 5.32 Å². The molecule has 1 rings (SSSR count). The van der Waals surface area contributed by atoms with Crippen LogP contribution in [0.4, 0.5) is 0 Å². The van der Waals surface area contributed by atoms with E-state index in [4.69, 9.17) is 5.11 Å². The number of aliphatic carboxylic acids is 1. The standard InChI is InChI=1S/C10H12N2O6/c1-17-8(13)3-2-7(10(15)16)11-9(14)6-4-5-18-12-6/h4-5,7H,2-3H2,1H3,(H,11,14)(H,15,16). The number of nitrogens with one attached hydrogen (secondary N) is 1. The molecule has 0 aliphatic rings. The highest BCUT2D eigenvalue weighted by Crippen LogP contribution is 2.02. The van der Waals surface area contributed by atoms with Gasteiger partial charge in [-0.15, -0.1) is 0 Å². The van der Waals surface area contributed by atoms with Gasteiger partial charge in [-0.05, 0) is 6.42 Å². The van der Waals surface area contributed by atoms with E-state index in [1.54, 1.807) is 0 Å². The summed E-state index contributed by atoms with van der Waals surface area (Å²) in [7, 11) is 1.20. The second-order valence-corrected chi connectivity index (χ2v) is 3.36. The van der Waals surface area contributed by atoms with Crippen molar-refractivity contribution in [1.29, 1.82) is 0 Å². The number of aromatic nitrogens is 1. The highest BCUT2D eigenvalue weighted by Gasteiger charge is 2.22. The van der Waals surface area contributed by atoms with E-state index in [9.17, 15) is 14.4 Å². The molecule has 1 atom stereocenters. The Morgan fingerprint density at radius 1 is 1.56 bits per heavy atom. The van der Waals surface area contributed by atoms with Crippen molar-refractivity contribution in [3.63, 3.8) is 0 Å². The fourth-order valence-electron chi connectivity index (χ4n) is 1.18. The SMILES string of the molecule is COC(=O)CCC(NC(=O)c1ccon1)C(=O)O. The molecule has 1 aromatic rings. The van der Waals surface area contributed by atoms with Crippen molar-refractivity contribution in [3.8, 4) is 0 Å². The van der Waals surface area contributed by atoms with E-state index >= 15 is 0 Å². The summed E-state index contributed by atoms with van der Waals surface area (Å²) in [5.41, 5.74) is -0.0284. The van der Waals surface area contributed by atoms with Crippen LogP contribution in [0.3, 0.4) is 0 Å². The molecule has 0 aliphatic carbocycles. The summed E-state index contributed by atoms with van der Waals surface area (Å²) < 4.78 is 8.85. The lowest BCUT2D eigenvalue weighted by atomic mass is 10.1. The predicted octanol–water partition coefficient (Wildman–Crippen LogP) is -0.189. The van der Waals surface area contributed by atoms with Crippen LogP contribution in [0.5, 0.6) is 0 Å². The van der Waals surface area contributed by atoms with Crippen LogP contribution >= 0.6 is 0 Å². The van der Waals surface area contributed by atoms with Crippen LogP contribution in [0, 0.1) is 0 Å². The minimum atomic E-state index is -1.24. The van der Waals surface area contributed by atoms with Crippen molar-refractivity contribution in [3.05, 3.63) is 18.0 Å². The van der Waals surface area contributed by atoms with Gasteiger partial charge in [0.05, 0.1) is 7.11 Å². The summed E-state index contributed by atoms with van der Waals surface area (Å²) in [4.78, 5) is 33.3. The lowest BCUT2D eigenvalue weighted by Crippen LogP contribution is -2.41. The van der Waals surface area contributed by atoms with Gasteiger partial charge in [-0.3, -0.25) is 9.59 Å². The molecule has 0 saturated carbocycles. The quantitative estimate of drug-likeness (QED) is 0.677. The normalized spacial score (nSPS) is 11.6. The van der Waals surface area contributed by atoms with Crippen LogP contribution in [0.2, 0.25) is 0 Å². The number of amides is 1. The Morgan fingerprint density at radius 2 is 2.28 bits per heavy atom. The number of carbonyl (C=O) groups is 3. The van der Waals surface area contributed by atoms with Gasteiger partial charge in [-0.2, -0.15) is 0 Å². The summed E-state index contributed by atoms with van der Waals surface area (Å²) in [5.74, 6) is -2.46. The summed E-state index contributed by atoms with van der Waals surface area (Å²) in [6.07, 6.45) is 1.03. The average Bonchev–Trinajstić information content (AvgIpc) is 2.87. The number of carboxylic acid groups (broad SMARTS) is 1. The average molecular weight is 256 g/mol. The third kappa shape index (κ3) is 3.89. The van der Waals surface area contributed by atoms with Crippen molar-refractivity contribution in [2.75, 3.05) is 7.11 Å². The Hall–Kier alpha value is -2.38. The zero-order valence-electron chi connectivity index (χ0n) is 9.58. The Bertz CT molecular complexity index is 428. The molecule has 0 aliphatic heterocycles. The van der Waals surface area contributed by atoms with Crippen LogP contribution in [-0.4, -0.2) is 41.3 Å². The summed E-state index contributed by atoms with van der Waals surface area (Å²) in [5, 5.41) is 14.5. The number of methoxy groups -OCH3 is 1. The summed E-state index contributed by atoms with van der Waals surface area (Å²) in [6, 6.07) is 0.113. The summed E-state index contributed by atoms with van der Waals surface area (Å²) in [6.45, 7) is 0. The lowest BCUT2D eigenvalue weighted by Gasteiger charge is -2.12. The van der Waals surface area contributed by atoms with E-state index in [1.807, 2.05) is 0 Å². The zero-order chi connectivity index (χ0) is 13.5. The maximum atomic E-state index is 11.5. The van der Waals surface area contributed by atoms with Crippen molar-refractivity contribution in [2.24, 2.45) is 0 Å². The molecule has 1 heterocycles. The van der Waals surface area contributed by atoms with E-state index in [0.717, 1.165) is 0 Å². The first kappa shape index (κ1) is 13.7. The first-order valence-corrected chi connectivity index (χ1v) is 5.05. The van der Waals surface area contributed by atoms with Gasteiger partial charge in [-0.1, -0.05) is 5.16 Å². The van der Waals surface area contributed by atoms with Gasteiger partial charge in [0.1, 0.15) is 12.3 Å². The third-order valence-electron chi connectivity index (χ3n) is 2.14. The van der Waals surface area contributed by atoms with E-state index in [0.29, 0.717) is 0 Å². The molecular formula is C10H12N2O6. The molecule has 0 saturated heterocycles. The van der Waals surface area contributed by atoms with Gasteiger partial charge in [0, 0.05) is 12.5 Å². The van der Waals surface area contributed by atoms with Gasteiger partial charge in [0.2, 0.25) is 0 Å². The molecular weight excluding hydrogens is 244 g/mol. The van der Waals surface area contributed by atoms with Crippen molar-refractivity contribution in [1.82, 2.24) is 10.5 Å². The molecule has 98 valence electrons. The number of carboxylic acids is 1. The minimum absolute atomic E-state index is 0.0284. The molecule has 18 heavy (non-hydrogen) atoms. The largest absolute Gasteiger partial charge is 0.480 e. The maximum Gasteiger partial charge on any atom is 0.326 e. The number of hydrogen-bond donors (Lipinski definition) is 2. The molecule has 0 fully saturated rings. The van der Waals surface area contributed by atoms with Gasteiger partial charge < -0.3 is 19.7 Å². The molecule has 1 aromatic heterocycles. The molecule has 0 spiro atoms. The zero-order valence-corrected chi connectivity index (χ0v) is 9.58. The molecule has 1 amide bonds. The van der Waals surface area contributed by atoms with Crippen LogP contribution in [0.25, 0.3) is 0 Å². The third-order valence-corrected chi connectivity index (χ3v) is 2.14. The Kier molecular flexibility index (Phi) is 4.85. The van der Waals surface area contributed by atoms with Gasteiger partial charge in [0.15, 0.2) is 5.69 Å². The monoisotopic (exact) mass is 256 g/mol. The second kappa shape index (κ2) is 6.38. The fraction of sp³-hybridized carbons (Fsp3) is 0.400. The Balaban J connectivity index is 2.55. The molecule has 0 radical (unpaired) electrons. The number of carbonyl (C=O) groups excluding carboxylic acids is 2. The highest BCUT2D eigenvalue weighted by molar-refractivity contribution is 5.94. The molecule has 1 unspecified atom stereocenters. The first-order chi connectivity index (χ1) is 8.54. The molecule has 8 heteroatoms. The highest BCUT2D eigenvalue weighted by atomic mass is 16.5. The fourth-order valence-corrected chi connectivity index (χ4v) is 1.18. The molecule has 2 N–H and O–H groups in total. The van der Waals surface area contributed by atoms with Crippen LogP contribution in [0.15, 0.2) is 16.9 Å². The molecule has 0 bridgehead atoms. The number of ether oxygens (including phenoxy) is 1. The van der Waals surface area contributed by atoms with Crippen LogP contribution in [-0.2, 0) is 14.3 Å². The smallest absolute Gasteiger partial charge is 0.326 e. The number of esters is 1. The van der Waals surface area contributed by atoms with E-state index in [1.165, 1.54) is 19.4 Å². The van der Waals surface area contributed by atoms with Gasteiger partial charge in [-0.25, -0.2) is 4.79 Å². The van der Waals surface area contributed by atoms with E-state index < -0.39 is 23.9 Å². The Morgan fingerprint density at radius 3 is 2.78 bits per heavy atom. The number of rotatable bonds is 6. The van der Waals surface area contributed by atoms with Crippen molar-refractivity contribution in [2.45, 2.75) is 18.9 Å². The van der Waals surface area contributed by atoms with Crippen LogP contribution in [0.1, 0.15) is 23.3 Å². The number of hydrogen-bond acceptors (Lipinski definition) is 6. The first-order valence-electron chi connectivity index (χ1n) is 5.05. The predicted molar refractivity (Wildman–Crippen MR) is 56.6 cm³/mol. The minimum Gasteiger partial charge on any atom is -0.480 e. The van der Waals surface area contributed by atoms with E-state index in [-0.39, 0.29) is 18.5 Å². The summed E-state index contributed by atoms with van der Waals surface area (Å²) >= 11 is 0. The second-order valence-electron chi connectivity index (χ2n) is 3.36. The topological polar surface area (TPSA) is 119 Å². The van der Waals surface area contributed by atoms with Crippen molar-refractivity contribution >= 4 is 17.8 Å². The Labute approximate surface area is 102 Å². The lowest BCUT2D eigenvalue weighted by molar-refractivity contribution is -0.142.